The van der Waals surface area contributed by atoms with Gasteiger partial charge >= 0.3 is 6.18 Å². The molecule has 0 radical (unpaired) electrons. The summed E-state index contributed by atoms with van der Waals surface area (Å²) in [5, 5.41) is 0. The fraction of sp³-hybridized carbons (Fsp3) is 0.632. The smallest absolute Gasteiger partial charge is 0.369 e. The van der Waals surface area contributed by atoms with E-state index in [0.29, 0.717) is 44.3 Å². The Labute approximate surface area is 152 Å². The van der Waals surface area contributed by atoms with E-state index in [-0.39, 0.29) is 5.91 Å². The molecule has 0 spiro atoms. The van der Waals surface area contributed by atoms with E-state index in [0.717, 1.165) is 25.6 Å². The molecule has 3 rings (SSSR count). The van der Waals surface area contributed by atoms with Gasteiger partial charge in [-0.1, -0.05) is 13.0 Å². The highest BCUT2D eigenvalue weighted by Crippen LogP contribution is 2.31. The van der Waals surface area contributed by atoms with Crippen LogP contribution in [0.25, 0.3) is 0 Å². The van der Waals surface area contributed by atoms with E-state index in [4.69, 9.17) is 0 Å². The number of carbonyl (C=O) groups is 1. The number of benzene rings is 1. The van der Waals surface area contributed by atoms with Gasteiger partial charge in [-0.25, -0.2) is 0 Å². The van der Waals surface area contributed by atoms with E-state index >= 15 is 0 Å². The molecule has 1 aromatic carbocycles. The van der Waals surface area contributed by atoms with Crippen molar-refractivity contribution in [3.8, 4) is 0 Å². The number of likely N-dealkylation sites (tertiary alicyclic amines) is 1. The topological polar surface area (TPSA) is 26.8 Å². The summed E-state index contributed by atoms with van der Waals surface area (Å²) in [4.78, 5) is 18.5. The Bertz CT molecular complexity index is 627. The number of piperazine rings is 1. The molecule has 0 aliphatic carbocycles. The quantitative estimate of drug-likeness (QED) is 0.819. The van der Waals surface area contributed by atoms with Crippen molar-refractivity contribution in [1.82, 2.24) is 9.80 Å². The third kappa shape index (κ3) is 4.69. The lowest BCUT2D eigenvalue weighted by molar-refractivity contribution is -0.137. The number of carbonyl (C=O) groups excluding carboxylic acids is 1. The number of halogens is 3. The standard InChI is InChI=1S/C19H26F3N3O/c1-15-4-3-7-25(13-15)18(26)14-23-8-10-24(11-9-23)17-6-2-5-16(12-17)19(20,21)22/h2,5-6,12,15H,3-4,7-11,13-14H2,1H3/t15-/m0/s1. The van der Waals surface area contributed by atoms with Gasteiger partial charge in [-0.3, -0.25) is 9.69 Å². The van der Waals surface area contributed by atoms with Crippen molar-refractivity contribution >= 4 is 11.6 Å². The zero-order valence-corrected chi connectivity index (χ0v) is 15.1. The normalized spacial score (nSPS) is 22.5. The Balaban J connectivity index is 1.52. The molecule has 2 heterocycles. The van der Waals surface area contributed by atoms with Gasteiger partial charge in [0.1, 0.15) is 0 Å². The summed E-state index contributed by atoms with van der Waals surface area (Å²) in [6.45, 7) is 6.89. The molecule has 0 aromatic heterocycles. The molecule has 2 saturated heterocycles. The number of nitrogens with zero attached hydrogens (tertiary/aromatic N) is 3. The first-order chi connectivity index (χ1) is 12.3. The molecule has 1 amide bonds. The van der Waals surface area contributed by atoms with Crippen molar-refractivity contribution in [1.29, 1.82) is 0 Å². The van der Waals surface area contributed by atoms with Crippen LogP contribution in [0.4, 0.5) is 18.9 Å². The van der Waals surface area contributed by atoms with Crippen LogP contribution in [0.3, 0.4) is 0 Å². The molecular formula is C19H26F3N3O. The summed E-state index contributed by atoms with van der Waals surface area (Å²) in [6.07, 6.45) is -2.08. The lowest BCUT2D eigenvalue weighted by atomic mass is 10.0. The van der Waals surface area contributed by atoms with E-state index < -0.39 is 11.7 Å². The minimum atomic E-state index is -4.32. The highest BCUT2D eigenvalue weighted by Gasteiger charge is 2.31. The summed E-state index contributed by atoms with van der Waals surface area (Å²) in [6, 6.07) is 5.46. The maximum absolute atomic E-state index is 12.9. The van der Waals surface area contributed by atoms with E-state index in [1.807, 2.05) is 9.80 Å². The van der Waals surface area contributed by atoms with Gasteiger partial charge in [0.2, 0.25) is 5.91 Å². The maximum atomic E-state index is 12.9. The van der Waals surface area contributed by atoms with Crippen LogP contribution in [0.15, 0.2) is 24.3 Å². The molecule has 26 heavy (non-hydrogen) atoms. The monoisotopic (exact) mass is 369 g/mol. The van der Waals surface area contributed by atoms with Gasteiger partial charge < -0.3 is 9.80 Å². The minimum absolute atomic E-state index is 0.170. The second-order valence-electron chi connectivity index (χ2n) is 7.40. The highest BCUT2D eigenvalue weighted by atomic mass is 19.4. The van der Waals surface area contributed by atoms with Crippen LogP contribution in [0.1, 0.15) is 25.3 Å². The van der Waals surface area contributed by atoms with Crippen molar-refractivity contribution in [2.45, 2.75) is 25.9 Å². The molecule has 1 atom stereocenters. The van der Waals surface area contributed by atoms with Crippen LogP contribution < -0.4 is 4.90 Å². The average Bonchev–Trinajstić information content (AvgIpc) is 2.62. The zero-order chi connectivity index (χ0) is 18.7. The predicted octanol–water partition coefficient (Wildman–Crippen LogP) is 3.09. The van der Waals surface area contributed by atoms with Crippen LogP contribution in [0.5, 0.6) is 0 Å². The maximum Gasteiger partial charge on any atom is 0.416 e. The summed E-state index contributed by atoms with van der Waals surface area (Å²) < 4.78 is 38.6. The summed E-state index contributed by atoms with van der Waals surface area (Å²) >= 11 is 0. The zero-order valence-electron chi connectivity index (χ0n) is 15.1. The fourth-order valence-electron chi connectivity index (χ4n) is 3.75. The molecule has 0 N–H and O–H groups in total. The van der Waals surface area contributed by atoms with Gasteiger partial charge in [-0.15, -0.1) is 0 Å². The van der Waals surface area contributed by atoms with Gasteiger partial charge in [-0.05, 0) is 37.0 Å². The first-order valence-electron chi connectivity index (χ1n) is 9.25. The minimum Gasteiger partial charge on any atom is -0.369 e. The fourth-order valence-corrected chi connectivity index (χ4v) is 3.75. The Morgan fingerprint density at radius 1 is 1.15 bits per heavy atom. The van der Waals surface area contributed by atoms with Crippen LogP contribution in [0, 0.1) is 5.92 Å². The summed E-state index contributed by atoms with van der Waals surface area (Å²) in [5.74, 6) is 0.731. The van der Waals surface area contributed by atoms with Crippen LogP contribution in [-0.4, -0.2) is 61.5 Å². The van der Waals surface area contributed by atoms with Crippen molar-refractivity contribution < 1.29 is 18.0 Å². The van der Waals surface area contributed by atoms with Gasteiger partial charge in [0.25, 0.3) is 0 Å². The van der Waals surface area contributed by atoms with E-state index in [1.165, 1.54) is 18.6 Å². The molecule has 0 saturated carbocycles. The van der Waals surface area contributed by atoms with E-state index in [9.17, 15) is 18.0 Å². The summed E-state index contributed by atoms with van der Waals surface area (Å²) in [7, 11) is 0. The second-order valence-corrected chi connectivity index (χ2v) is 7.40. The molecule has 0 unspecified atom stereocenters. The van der Waals surface area contributed by atoms with Gasteiger partial charge in [-0.2, -0.15) is 13.2 Å². The Morgan fingerprint density at radius 3 is 2.54 bits per heavy atom. The third-order valence-electron chi connectivity index (χ3n) is 5.28. The summed E-state index contributed by atoms with van der Waals surface area (Å²) in [5.41, 5.74) is -0.0255. The van der Waals surface area contributed by atoms with Gasteiger partial charge in [0, 0.05) is 45.0 Å². The number of hydrogen-bond donors (Lipinski definition) is 0. The first kappa shape index (κ1) is 19.0. The number of rotatable bonds is 3. The van der Waals surface area contributed by atoms with Crippen molar-refractivity contribution in [3.63, 3.8) is 0 Å². The predicted molar refractivity (Wildman–Crippen MR) is 95.1 cm³/mol. The number of hydrogen-bond acceptors (Lipinski definition) is 3. The number of amides is 1. The lowest BCUT2D eigenvalue weighted by Gasteiger charge is -2.38. The lowest BCUT2D eigenvalue weighted by Crippen LogP contribution is -2.51. The largest absolute Gasteiger partial charge is 0.416 e. The molecule has 2 fully saturated rings. The Kier molecular flexibility index (Phi) is 5.75. The molecule has 144 valence electrons. The number of piperidine rings is 1. The molecule has 2 aliphatic heterocycles. The highest BCUT2D eigenvalue weighted by molar-refractivity contribution is 5.78. The average molecular weight is 369 g/mol. The third-order valence-corrected chi connectivity index (χ3v) is 5.28. The number of anilines is 1. The van der Waals surface area contributed by atoms with Crippen molar-refractivity contribution in [2.75, 3.05) is 50.7 Å². The van der Waals surface area contributed by atoms with E-state index in [1.54, 1.807) is 6.07 Å². The molecule has 2 aliphatic rings. The van der Waals surface area contributed by atoms with Crippen LogP contribution >= 0.6 is 0 Å². The SMILES string of the molecule is C[C@H]1CCCN(C(=O)CN2CCN(c3cccc(C(F)(F)F)c3)CC2)C1. The molecule has 7 heteroatoms. The van der Waals surface area contributed by atoms with Crippen LogP contribution in [-0.2, 0) is 11.0 Å². The van der Waals surface area contributed by atoms with Gasteiger partial charge in [0.15, 0.2) is 0 Å². The number of alkyl halides is 3. The van der Waals surface area contributed by atoms with Crippen molar-refractivity contribution in [2.24, 2.45) is 5.92 Å². The Morgan fingerprint density at radius 2 is 1.88 bits per heavy atom. The molecule has 0 bridgehead atoms. The van der Waals surface area contributed by atoms with Crippen molar-refractivity contribution in [3.05, 3.63) is 29.8 Å². The molecule has 1 aromatic rings. The second kappa shape index (κ2) is 7.86. The van der Waals surface area contributed by atoms with Gasteiger partial charge in [0.05, 0.1) is 12.1 Å². The first-order valence-corrected chi connectivity index (χ1v) is 9.25. The Hall–Kier alpha value is -1.76. The van der Waals surface area contributed by atoms with Crippen LogP contribution in [0.2, 0.25) is 0 Å². The van der Waals surface area contributed by atoms with E-state index in [2.05, 4.69) is 11.8 Å². The molecule has 4 nitrogen and oxygen atoms in total. The molecular weight excluding hydrogens is 343 g/mol.